The van der Waals surface area contributed by atoms with Crippen LogP contribution in [0, 0.1) is 6.07 Å². The molecule has 18 heavy (non-hydrogen) atoms. The number of aromatic carboxylic acids is 1. The highest BCUT2D eigenvalue weighted by molar-refractivity contribution is 7.89. The first-order chi connectivity index (χ1) is 7.96. The predicted molar refractivity (Wildman–Crippen MR) is 53.5 cm³/mol. The highest BCUT2D eigenvalue weighted by atomic mass is 32.2. The zero-order chi connectivity index (χ0) is 14.3. The summed E-state index contributed by atoms with van der Waals surface area (Å²) in [5.74, 6) is -3.23. The fourth-order valence-electron chi connectivity index (χ4n) is 1.15. The lowest BCUT2D eigenvalue weighted by molar-refractivity contribution is 0.0688. The van der Waals surface area contributed by atoms with Gasteiger partial charge in [-0.15, -0.1) is 0 Å². The number of hydrogen-bond donors (Lipinski definition) is 4. The van der Waals surface area contributed by atoms with Crippen LogP contribution in [0.4, 0.5) is 0 Å². The summed E-state index contributed by atoms with van der Waals surface area (Å²) in [5.41, 5.74) is -1.41. The minimum absolute atomic E-state index is 0.320. The molecule has 0 saturated carbocycles. The molecule has 0 bridgehead atoms. The monoisotopic (exact) mass is 297 g/mol. The average molecular weight is 297 g/mol. The molecule has 0 aliphatic carbocycles. The lowest BCUT2D eigenvalue weighted by Crippen LogP contribution is -2.14. The van der Waals surface area contributed by atoms with Gasteiger partial charge < -0.3 is 10.2 Å². The van der Waals surface area contributed by atoms with Gasteiger partial charge in [0.1, 0.15) is 21.1 Å². The SMILES string of the molecule is O=C(O)c1c(O)[c]cc(S(=O)(=O)O)c1S(=O)(=O)O. The van der Waals surface area contributed by atoms with Crippen LogP contribution in [0.5, 0.6) is 5.75 Å². The van der Waals surface area contributed by atoms with Crippen molar-refractivity contribution in [2.75, 3.05) is 0 Å². The fourth-order valence-corrected chi connectivity index (χ4v) is 3.08. The van der Waals surface area contributed by atoms with Gasteiger partial charge in [-0.3, -0.25) is 9.11 Å². The number of rotatable bonds is 3. The van der Waals surface area contributed by atoms with Crippen molar-refractivity contribution in [1.29, 1.82) is 0 Å². The Morgan fingerprint density at radius 2 is 1.61 bits per heavy atom. The second kappa shape index (κ2) is 4.20. The van der Waals surface area contributed by atoms with E-state index in [1.54, 1.807) is 6.07 Å². The van der Waals surface area contributed by atoms with E-state index in [9.17, 15) is 21.6 Å². The zero-order valence-corrected chi connectivity index (χ0v) is 9.86. The van der Waals surface area contributed by atoms with Gasteiger partial charge in [-0.2, -0.15) is 16.8 Å². The Balaban J connectivity index is 4.03. The van der Waals surface area contributed by atoms with E-state index in [0.717, 1.165) is 0 Å². The predicted octanol–water partition coefficient (Wildman–Crippen LogP) is -0.616. The summed E-state index contributed by atoms with van der Waals surface area (Å²) in [6.07, 6.45) is 0. The lowest BCUT2D eigenvalue weighted by Gasteiger charge is -2.08. The van der Waals surface area contributed by atoms with Crippen molar-refractivity contribution in [3.8, 4) is 5.75 Å². The summed E-state index contributed by atoms with van der Waals surface area (Å²) in [7, 11) is -10.4. The van der Waals surface area contributed by atoms with Crippen LogP contribution in [0.3, 0.4) is 0 Å². The van der Waals surface area contributed by atoms with E-state index >= 15 is 0 Å². The maximum absolute atomic E-state index is 11.0. The Morgan fingerprint density at radius 3 is 1.94 bits per heavy atom. The molecule has 0 fully saturated rings. The molecule has 0 atom stereocenters. The topological polar surface area (TPSA) is 166 Å². The summed E-state index contributed by atoms with van der Waals surface area (Å²) in [6.45, 7) is 0. The van der Waals surface area contributed by atoms with Gasteiger partial charge in [-0.05, 0) is 6.07 Å². The zero-order valence-electron chi connectivity index (χ0n) is 8.22. The van der Waals surface area contributed by atoms with Crippen LogP contribution in [-0.4, -0.2) is 42.1 Å². The molecule has 1 aromatic carbocycles. The van der Waals surface area contributed by atoms with Crippen LogP contribution < -0.4 is 0 Å². The molecular formula is C7H5O9S2. The van der Waals surface area contributed by atoms with Gasteiger partial charge in [0.25, 0.3) is 20.2 Å². The number of carbonyl (C=O) groups is 1. The van der Waals surface area contributed by atoms with E-state index in [4.69, 9.17) is 19.3 Å². The summed E-state index contributed by atoms with van der Waals surface area (Å²) in [5, 5.41) is 17.8. The number of benzene rings is 1. The normalized spacial score (nSPS) is 12.3. The van der Waals surface area contributed by atoms with Crippen molar-refractivity contribution >= 4 is 26.2 Å². The van der Waals surface area contributed by atoms with E-state index in [1.165, 1.54) is 0 Å². The molecular weight excluding hydrogens is 292 g/mol. The van der Waals surface area contributed by atoms with Gasteiger partial charge in [0.05, 0.1) is 0 Å². The van der Waals surface area contributed by atoms with Gasteiger partial charge in [0, 0.05) is 6.07 Å². The van der Waals surface area contributed by atoms with Gasteiger partial charge in [-0.25, -0.2) is 4.79 Å². The van der Waals surface area contributed by atoms with Gasteiger partial charge in [0.15, 0.2) is 0 Å². The number of carboxylic acid groups (broad SMARTS) is 1. The van der Waals surface area contributed by atoms with Crippen LogP contribution in [-0.2, 0) is 20.2 Å². The molecule has 0 spiro atoms. The Kier molecular flexibility index (Phi) is 3.36. The molecule has 0 amide bonds. The Hall–Kier alpha value is -1.69. The van der Waals surface area contributed by atoms with Crippen LogP contribution in [0.2, 0.25) is 0 Å². The van der Waals surface area contributed by atoms with Crippen molar-refractivity contribution < 1.29 is 40.9 Å². The highest BCUT2D eigenvalue weighted by Gasteiger charge is 2.32. The third-order valence-electron chi connectivity index (χ3n) is 1.78. The summed E-state index contributed by atoms with van der Waals surface area (Å²) < 4.78 is 61.2. The van der Waals surface area contributed by atoms with Crippen LogP contribution in [0.15, 0.2) is 15.9 Å². The standard InChI is InChI=1S/C7H5O9S2/c8-3-1-2-4(17(11,12)13)6(18(14,15)16)5(3)7(9)10/h2,8H,(H,9,10)(H,11,12,13)(H,14,15,16). The molecule has 0 aliphatic rings. The van der Waals surface area contributed by atoms with E-state index in [2.05, 4.69) is 0 Å². The molecule has 0 saturated heterocycles. The molecule has 11 heteroatoms. The molecule has 1 rings (SSSR count). The summed E-state index contributed by atoms with van der Waals surface area (Å²) in [6, 6.07) is 2.05. The first kappa shape index (κ1) is 14.4. The van der Waals surface area contributed by atoms with Crippen LogP contribution in [0.1, 0.15) is 10.4 Å². The van der Waals surface area contributed by atoms with Crippen molar-refractivity contribution in [2.24, 2.45) is 0 Å². The molecule has 4 N–H and O–H groups in total. The highest BCUT2D eigenvalue weighted by Crippen LogP contribution is 2.30. The molecule has 0 aliphatic heterocycles. The van der Waals surface area contributed by atoms with Crippen LogP contribution in [0.25, 0.3) is 0 Å². The molecule has 0 aromatic heterocycles. The van der Waals surface area contributed by atoms with E-state index in [1.807, 2.05) is 0 Å². The average Bonchev–Trinajstić information content (AvgIpc) is 2.12. The first-order valence-corrected chi connectivity index (χ1v) is 6.80. The molecule has 99 valence electrons. The maximum Gasteiger partial charge on any atom is 0.340 e. The third kappa shape index (κ3) is 2.59. The van der Waals surface area contributed by atoms with Crippen molar-refractivity contribution in [2.45, 2.75) is 9.79 Å². The number of phenols is 1. The quantitative estimate of drug-likeness (QED) is 0.532. The molecule has 0 unspecified atom stereocenters. The molecule has 1 radical (unpaired) electrons. The maximum atomic E-state index is 11.0. The van der Waals surface area contributed by atoms with Gasteiger partial charge in [-0.1, -0.05) is 0 Å². The van der Waals surface area contributed by atoms with Crippen molar-refractivity contribution in [1.82, 2.24) is 0 Å². The van der Waals surface area contributed by atoms with E-state index in [-0.39, 0.29) is 0 Å². The van der Waals surface area contributed by atoms with Crippen LogP contribution >= 0.6 is 0 Å². The third-order valence-corrected chi connectivity index (χ3v) is 3.72. The Labute approximate surface area is 101 Å². The van der Waals surface area contributed by atoms with Gasteiger partial charge in [0.2, 0.25) is 0 Å². The fraction of sp³-hybridized carbons (Fsp3) is 0. The Bertz CT molecular complexity index is 714. The summed E-state index contributed by atoms with van der Waals surface area (Å²) in [4.78, 5) is 7.70. The summed E-state index contributed by atoms with van der Waals surface area (Å²) >= 11 is 0. The number of carboxylic acids is 1. The second-order valence-electron chi connectivity index (χ2n) is 2.96. The minimum atomic E-state index is -5.31. The van der Waals surface area contributed by atoms with E-state index in [0.29, 0.717) is 6.07 Å². The smallest absolute Gasteiger partial charge is 0.340 e. The van der Waals surface area contributed by atoms with Crippen molar-refractivity contribution in [3.63, 3.8) is 0 Å². The van der Waals surface area contributed by atoms with E-state index < -0.39 is 47.3 Å². The minimum Gasteiger partial charge on any atom is -0.506 e. The van der Waals surface area contributed by atoms with Crippen molar-refractivity contribution in [3.05, 3.63) is 17.7 Å². The largest absolute Gasteiger partial charge is 0.506 e. The second-order valence-corrected chi connectivity index (χ2v) is 5.71. The molecule has 1 aromatic rings. The molecule has 0 heterocycles. The lowest BCUT2D eigenvalue weighted by atomic mass is 10.2. The number of hydrogen-bond acceptors (Lipinski definition) is 6. The first-order valence-electron chi connectivity index (χ1n) is 3.92. The Morgan fingerprint density at radius 1 is 1.11 bits per heavy atom. The number of aromatic hydroxyl groups is 1. The van der Waals surface area contributed by atoms with Gasteiger partial charge >= 0.3 is 5.97 Å². The molecule has 9 nitrogen and oxygen atoms in total.